The molecule has 0 heterocycles. The molecule has 78 valence electrons. The highest BCUT2D eigenvalue weighted by atomic mass is 28.4. The lowest BCUT2D eigenvalue weighted by atomic mass is 10.4. The summed E-state index contributed by atoms with van der Waals surface area (Å²) in [7, 11) is -3.23. The molecule has 5 heteroatoms. The second-order valence-electron chi connectivity index (χ2n) is 4.04. The molecule has 1 unspecified atom stereocenters. The van der Waals surface area contributed by atoms with E-state index in [1.54, 1.807) is 0 Å². The summed E-state index contributed by atoms with van der Waals surface area (Å²) in [5.41, 5.74) is 0. The fourth-order valence-corrected chi connectivity index (χ4v) is 5.63. The molecular weight excluding hydrogens is 200 g/mol. The average Bonchev–Trinajstić information content (AvgIpc) is 1.81. The van der Waals surface area contributed by atoms with Crippen molar-refractivity contribution < 1.29 is 13.3 Å². The van der Waals surface area contributed by atoms with Crippen molar-refractivity contribution in [1.29, 1.82) is 0 Å². The van der Waals surface area contributed by atoms with E-state index in [-0.39, 0.29) is 5.97 Å². The lowest BCUT2D eigenvalue weighted by Crippen LogP contribution is -2.36. The van der Waals surface area contributed by atoms with Gasteiger partial charge in [-0.3, -0.25) is 4.79 Å². The molecule has 0 spiro atoms. The minimum absolute atomic E-state index is 0.111. The van der Waals surface area contributed by atoms with Gasteiger partial charge in [-0.25, -0.2) is 0 Å². The first-order chi connectivity index (χ1) is 5.85. The van der Waals surface area contributed by atoms with Gasteiger partial charge in [-0.05, 0) is 32.6 Å². The molecule has 0 aliphatic heterocycles. The van der Waals surface area contributed by atoms with Gasteiger partial charge in [-0.15, -0.1) is 0 Å². The lowest BCUT2D eigenvalue weighted by Gasteiger charge is -2.22. The van der Waals surface area contributed by atoms with Crippen molar-refractivity contribution in [1.82, 2.24) is 0 Å². The summed E-state index contributed by atoms with van der Waals surface area (Å²) in [6.07, 6.45) is 1.35. The molecule has 0 aromatic carbocycles. The zero-order valence-corrected chi connectivity index (χ0v) is 11.4. The Labute approximate surface area is 83.4 Å². The summed E-state index contributed by atoms with van der Waals surface area (Å²) in [5, 5.41) is 0. The maximum absolute atomic E-state index is 11.1. The topological polar surface area (TPSA) is 35.5 Å². The Morgan fingerprint density at radius 3 is 2.31 bits per heavy atom. The molecule has 0 aromatic rings. The van der Waals surface area contributed by atoms with Crippen LogP contribution in [0.3, 0.4) is 0 Å². The molecule has 3 nitrogen and oxygen atoms in total. The van der Waals surface area contributed by atoms with Crippen molar-refractivity contribution in [2.24, 2.45) is 0 Å². The Morgan fingerprint density at radius 1 is 1.38 bits per heavy atom. The van der Waals surface area contributed by atoms with Gasteiger partial charge in [0.25, 0.3) is 5.97 Å². The second kappa shape index (κ2) is 5.56. The molecule has 0 rings (SSSR count). The van der Waals surface area contributed by atoms with E-state index in [0.29, 0.717) is 6.42 Å². The third-order valence-electron chi connectivity index (χ3n) is 1.27. The van der Waals surface area contributed by atoms with Crippen LogP contribution in [0, 0.1) is 0 Å². The van der Waals surface area contributed by atoms with Crippen LogP contribution in [0.25, 0.3) is 0 Å². The second-order valence-corrected chi connectivity index (χ2v) is 10.6. The standard InChI is InChI=1S/C8H20O3Si2/c1-6-7-8(9)10-12(2)11-13(3,4)5/h12H,6-7H2,1-5H3. The minimum atomic E-state index is -1.70. The molecule has 0 amide bonds. The van der Waals surface area contributed by atoms with E-state index < -0.39 is 17.6 Å². The van der Waals surface area contributed by atoms with Crippen LogP contribution >= 0.6 is 0 Å². The van der Waals surface area contributed by atoms with E-state index in [9.17, 15) is 4.79 Å². The van der Waals surface area contributed by atoms with E-state index in [4.69, 9.17) is 8.54 Å². The minimum Gasteiger partial charge on any atom is -0.498 e. The fraction of sp³-hybridized carbons (Fsp3) is 0.875. The van der Waals surface area contributed by atoms with Gasteiger partial charge in [-0.1, -0.05) is 6.92 Å². The van der Waals surface area contributed by atoms with E-state index in [2.05, 4.69) is 19.6 Å². The Kier molecular flexibility index (Phi) is 5.51. The summed E-state index contributed by atoms with van der Waals surface area (Å²) in [6, 6.07) is 0. The van der Waals surface area contributed by atoms with Crippen LogP contribution in [0.2, 0.25) is 26.2 Å². The largest absolute Gasteiger partial charge is 0.498 e. The predicted molar refractivity (Wildman–Crippen MR) is 58.4 cm³/mol. The first-order valence-electron chi connectivity index (χ1n) is 4.72. The van der Waals surface area contributed by atoms with Crippen molar-refractivity contribution in [3.8, 4) is 0 Å². The summed E-state index contributed by atoms with van der Waals surface area (Å²) >= 11 is 0. The van der Waals surface area contributed by atoms with Crippen LogP contribution in [0.5, 0.6) is 0 Å². The Bertz CT molecular complexity index is 165. The van der Waals surface area contributed by atoms with Crippen LogP contribution in [0.1, 0.15) is 19.8 Å². The zero-order chi connectivity index (χ0) is 10.5. The normalized spacial score (nSPS) is 13.9. The number of hydrogen-bond acceptors (Lipinski definition) is 3. The Hall–Kier alpha value is -0.136. The molecule has 0 aliphatic rings. The van der Waals surface area contributed by atoms with E-state index >= 15 is 0 Å². The lowest BCUT2D eigenvalue weighted by molar-refractivity contribution is -0.135. The number of hydrogen-bond donors (Lipinski definition) is 0. The van der Waals surface area contributed by atoms with Gasteiger partial charge in [-0.2, -0.15) is 0 Å². The maximum atomic E-state index is 11.1. The number of carbonyl (C=O) groups is 1. The van der Waals surface area contributed by atoms with Gasteiger partial charge in [0.05, 0.1) is 0 Å². The summed E-state index contributed by atoms with van der Waals surface area (Å²) in [6.45, 7) is 10.2. The number of rotatable bonds is 5. The van der Waals surface area contributed by atoms with Crippen LogP contribution in [0.4, 0.5) is 0 Å². The van der Waals surface area contributed by atoms with Gasteiger partial charge in [0.1, 0.15) is 0 Å². The van der Waals surface area contributed by atoms with Gasteiger partial charge < -0.3 is 8.54 Å². The monoisotopic (exact) mass is 220 g/mol. The van der Waals surface area contributed by atoms with Gasteiger partial charge in [0.2, 0.25) is 0 Å². The Morgan fingerprint density at radius 2 is 1.92 bits per heavy atom. The molecule has 0 bridgehead atoms. The molecule has 0 fully saturated rings. The van der Waals surface area contributed by atoms with Crippen LogP contribution in [0.15, 0.2) is 0 Å². The quantitative estimate of drug-likeness (QED) is 0.665. The van der Waals surface area contributed by atoms with Gasteiger partial charge in [0, 0.05) is 6.42 Å². The van der Waals surface area contributed by atoms with Crippen molar-refractivity contribution in [2.45, 2.75) is 46.0 Å². The molecule has 0 aliphatic carbocycles. The molecule has 0 radical (unpaired) electrons. The highest BCUT2D eigenvalue weighted by molar-refractivity contribution is 6.76. The van der Waals surface area contributed by atoms with Crippen LogP contribution in [-0.2, 0) is 13.3 Å². The van der Waals surface area contributed by atoms with Crippen LogP contribution < -0.4 is 0 Å². The summed E-state index contributed by atoms with van der Waals surface area (Å²) in [4.78, 5) is 11.1. The number of carbonyl (C=O) groups excluding carboxylic acids is 1. The molecule has 0 aromatic heterocycles. The smallest absolute Gasteiger partial charge is 0.372 e. The third-order valence-corrected chi connectivity index (χ3v) is 6.02. The van der Waals surface area contributed by atoms with E-state index in [0.717, 1.165) is 6.42 Å². The zero-order valence-electron chi connectivity index (χ0n) is 9.22. The van der Waals surface area contributed by atoms with Crippen molar-refractivity contribution in [3.05, 3.63) is 0 Å². The Balaban J connectivity index is 3.74. The van der Waals surface area contributed by atoms with Crippen LogP contribution in [-0.4, -0.2) is 23.6 Å². The van der Waals surface area contributed by atoms with E-state index in [1.807, 2.05) is 13.5 Å². The molecular formula is C8H20O3Si2. The molecule has 13 heavy (non-hydrogen) atoms. The van der Waals surface area contributed by atoms with Gasteiger partial charge in [0.15, 0.2) is 8.32 Å². The summed E-state index contributed by atoms with van der Waals surface area (Å²) < 4.78 is 10.9. The average molecular weight is 220 g/mol. The molecule has 0 N–H and O–H groups in total. The highest BCUT2D eigenvalue weighted by Crippen LogP contribution is 2.06. The van der Waals surface area contributed by atoms with Crippen molar-refractivity contribution >= 4 is 23.6 Å². The molecule has 1 atom stereocenters. The van der Waals surface area contributed by atoms with Gasteiger partial charge >= 0.3 is 9.28 Å². The predicted octanol–water partition coefficient (Wildman–Crippen LogP) is 2.03. The first kappa shape index (κ1) is 12.9. The SMILES string of the molecule is CCCC(=O)O[SiH](C)O[Si](C)(C)C. The third kappa shape index (κ3) is 8.20. The maximum Gasteiger partial charge on any atom is 0.372 e. The molecule has 0 saturated heterocycles. The first-order valence-corrected chi connectivity index (χ1v) is 10.2. The van der Waals surface area contributed by atoms with E-state index in [1.165, 1.54) is 0 Å². The fourth-order valence-electron chi connectivity index (χ4n) is 0.970. The van der Waals surface area contributed by atoms with Crippen molar-refractivity contribution in [2.75, 3.05) is 0 Å². The summed E-state index contributed by atoms with van der Waals surface area (Å²) in [5.74, 6) is -0.111. The highest BCUT2D eigenvalue weighted by Gasteiger charge is 2.21. The van der Waals surface area contributed by atoms with Crippen molar-refractivity contribution in [3.63, 3.8) is 0 Å². The molecule has 0 saturated carbocycles.